The molecular formula is C11H12OS. The minimum Gasteiger partial charge on any atom is -0.496 e. The maximum absolute atomic E-state index is 5.34. The summed E-state index contributed by atoms with van der Waals surface area (Å²) in [4.78, 5) is 1.31. The summed E-state index contributed by atoms with van der Waals surface area (Å²) in [6.07, 6.45) is 2.16. The van der Waals surface area contributed by atoms with Gasteiger partial charge in [-0.1, -0.05) is 18.2 Å². The van der Waals surface area contributed by atoms with Crippen LogP contribution in [0.25, 0.3) is 5.76 Å². The molecular weight excluding hydrogens is 180 g/mol. The molecule has 0 amide bonds. The van der Waals surface area contributed by atoms with Crippen molar-refractivity contribution < 1.29 is 4.74 Å². The third kappa shape index (κ3) is 1.59. The lowest BCUT2D eigenvalue weighted by molar-refractivity contribution is 0.367. The van der Waals surface area contributed by atoms with E-state index in [1.54, 1.807) is 7.11 Å². The number of methoxy groups -OCH3 is 1. The Hall–Kier alpha value is -0.890. The van der Waals surface area contributed by atoms with Crippen molar-refractivity contribution in [2.24, 2.45) is 0 Å². The van der Waals surface area contributed by atoms with Gasteiger partial charge in [-0.25, -0.2) is 0 Å². The zero-order valence-electron chi connectivity index (χ0n) is 7.78. The van der Waals surface area contributed by atoms with Gasteiger partial charge in [-0.3, -0.25) is 0 Å². The average molecular weight is 192 g/mol. The summed E-state index contributed by atoms with van der Waals surface area (Å²) in [7, 11) is 1.73. The van der Waals surface area contributed by atoms with E-state index < -0.39 is 0 Å². The lowest BCUT2D eigenvalue weighted by Crippen LogP contribution is -2.03. The van der Waals surface area contributed by atoms with E-state index in [0.717, 1.165) is 5.76 Å². The van der Waals surface area contributed by atoms with Gasteiger partial charge in [0.2, 0.25) is 0 Å². The van der Waals surface area contributed by atoms with Crippen LogP contribution in [0.3, 0.4) is 0 Å². The van der Waals surface area contributed by atoms with Crippen LogP contribution in [0.1, 0.15) is 12.5 Å². The summed E-state index contributed by atoms with van der Waals surface area (Å²) in [5.41, 5.74) is 1.22. The summed E-state index contributed by atoms with van der Waals surface area (Å²) < 4.78 is 5.34. The van der Waals surface area contributed by atoms with Gasteiger partial charge < -0.3 is 4.74 Å². The molecule has 1 nitrogen and oxygen atoms in total. The van der Waals surface area contributed by atoms with E-state index >= 15 is 0 Å². The Morgan fingerprint density at radius 1 is 1.31 bits per heavy atom. The highest BCUT2D eigenvalue weighted by atomic mass is 32.2. The van der Waals surface area contributed by atoms with E-state index in [4.69, 9.17) is 4.74 Å². The third-order valence-electron chi connectivity index (χ3n) is 2.07. The van der Waals surface area contributed by atoms with Gasteiger partial charge in [0.25, 0.3) is 0 Å². The van der Waals surface area contributed by atoms with Crippen LogP contribution in [-0.2, 0) is 4.74 Å². The topological polar surface area (TPSA) is 9.23 Å². The smallest absolute Gasteiger partial charge is 0.124 e. The summed E-state index contributed by atoms with van der Waals surface area (Å²) in [6.45, 7) is 2.18. The normalized spacial score (nSPS) is 20.5. The first-order valence-electron chi connectivity index (χ1n) is 4.33. The quantitative estimate of drug-likeness (QED) is 0.676. The fourth-order valence-electron chi connectivity index (χ4n) is 1.49. The fraction of sp³-hybridized carbons (Fsp3) is 0.273. The predicted octanol–water partition coefficient (Wildman–Crippen LogP) is 3.17. The van der Waals surface area contributed by atoms with Gasteiger partial charge in [0.05, 0.1) is 7.11 Å². The van der Waals surface area contributed by atoms with Gasteiger partial charge in [0.1, 0.15) is 5.76 Å². The Morgan fingerprint density at radius 3 is 2.85 bits per heavy atom. The molecule has 1 unspecified atom stereocenters. The lowest BCUT2D eigenvalue weighted by Gasteiger charge is -2.19. The summed E-state index contributed by atoms with van der Waals surface area (Å²) in [6, 6.07) is 8.35. The maximum Gasteiger partial charge on any atom is 0.124 e. The molecule has 2 rings (SSSR count). The number of fused-ring (bicyclic) bond motifs is 1. The Balaban J connectivity index is 2.49. The summed E-state index contributed by atoms with van der Waals surface area (Å²) >= 11 is 1.87. The second-order valence-electron chi connectivity index (χ2n) is 3.05. The number of benzene rings is 1. The van der Waals surface area contributed by atoms with Crippen LogP contribution in [-0.4, -0.2) is 12.4 Å². The SMILES string of the molecule is COC1=CC(C)Sc2ccccc21. The molecule has 0 fully saturated rings. The van der Waals surface area contributed by atoms with Crippen molar-refractivity contribution in [2.45, 2.75) is 17.1 Å². The van der Waals surface area contributed by atoms with Crippen molar-refractivity contribution in [1.29, 1.82) is 0 Å². The van der Waals surface area contributed by atoms with Crippen LogP contribution in [0.4, 0.5) is 0 Å². The van der Waals surface area contributed by atoms with Crippen LogP contribution in [0, 0.1) is 0 Å². The molecule has 0 saturated carbocycles. The fourth-order valence-corrected chi connectivity index (χ4v) is 2.53. The first kappa shape index (κ1) is 8.70. The average Bonchev–Trinajstić information content (AvgIpc) is 2.16. The molecule has 1 aliphatic heterocycles. The minimum atomic E-state index is 0.504. The molecule has 0 saturated heterocycles. The second-order valence-corrected chi connectivity index (χ2v) is 4.47. The van der Waals surface area contributed by atoms with Crippen LogP contribution in [0.5, 0.6) is 0 Å². The Kier molecular flexibility index (Phi) is 2.32. The molecule has 0 spiro atoms. The summed E-state index contributed by atoms with van der Waals surface area (Å²) in [5.74, 6) is 1.00. The molecule has 0 N–H and O–H groups in total. The number of hydrogen-bond acceptors (Lipinski definition) is 2. The van der Waals surface area contributed by atoms with Crippen molar-refractivity contribution >= 4 is 17.5 Å². The molecule has 13 heavy (non-hydrogen) atoms. The molecule has 0 radical (unpaired) electrons. The predicted molar refractivity (Wildman–Crippen MR) is 56.7 cm³/mol. The Bertz CT molecular complexity index is 344. The summed E-state index contributed by atoms with van der Waals surface area (Å²) in [5, 5.41) is 0.504. The molecule has 1 atom stereocenters. The van der Waals surface area contributed by atoms with Gasteiger partial charge in [0.15, 0.2) is 0 Å². The molecule has 1 aliphatic rings. The number of rotatable bonds is 1. The Morgan fingerprint density at radius 2 is 2.08 bits per heavy atom. The molecule has 0 aliphatic carbocycles. The highest BCUT2D eigenvalue weighted by Crippen LogP contribution is 2.37. The van der Waals surface area contributed by atoms with Gasteiger partial charge in [-0.05, 0) is 19.1 Å². The van der Waals surface area contributed by atoms with Crippen LogP contribution < -0.4 is 0 Å². The van der Waals surface area contributed by atoms with Gasteiger partial charge in [-0.15, -0.1) is 11.8 Å². The van der Waals surface area contributed by atoms with Gasteiger partial charge >= 0.3 is 0 Å². The molecule has 1 aromatic carbocycles. The van der Waals surface area contributed by atoms with E-state index in [1.165, 1.54) is 10.5 Å². The zero-order chi connectivity index (χ0) is 9.26. The van der Waals surface area contributed by atoms with Crippen molar-refractivity contribution in [3.63, 3.8) is 0 Å². The molecule has 1 aromatic rings. The van der Waals surface area contributed by atoms with Crippen molar-refractivity contribution in [3.8, 4) is 0 Å². The first-order valence-corrected chi connectivity index (χ1v) is 5.21. The second kappa shape index (κ2) is 3.46. The van der Waals surface area contributed by atoms with Crippen LogP contribution >= 0.6 is 11.8 Å². The highest BCUT2D eigenvalue weighted by Gasteiger charge is 2.16. The number of ether oxygens (including phenoxy) is 1. The highest BCUT2D eigenvalue weighted by molar-refractivity contribution is 8.00. The standard InChI is InChI=1S/C11H12OS/c1-8-7-10(12-2)9-5-3-4-6-11(9)13-8/h3-8H,1-2H3. The molecule has 1 heterocycles. The van der Waals surface area contributed by atoms with Crippen LogP contribution in [0.2, 0.25) is 0 Å². The van der Waals surface area contributed by atoms with Crippen LogP contribution in [0.15, 0.2) is 35.2 Å². The molecule has 0 bridgehead atoms. The van der Waals surface area contributed by atoms with Crippen molar-refractivity contribution in [2.75, 3.05) is 7.11 Å². The maximum atomic E-state index is 5.34. The molecule has 0 aromatic heterocycles. The minimum absolute atomic E-state index is 0.504. The third-order valence-corrected chi connectivity index (χ3v) is 3.19. The molecule has 68 valence electrons. The lowest BCUT2D eigenvalue weighted by atomic mass is 10.1. The van der Waals surface area contributed by atoms with E-state index in [1.807, 2.05) is 17.8 Å². The molecule has 2 heteroatoms. The van der Waals surface area contributed by atoms with Gasteiger partial charge in [0, 0.05) is 15.7 Å². The first-order chi connectivity index (χ1) is 6.31. The Labute approximate surface area is 82.8 Å². The van der Waals surface area contributed by atoms with E-state index in [0.29, 0.717) is 5.25 Å². The largest absolute Gasteiger partial charge is 0.496 e. The van der Waals surface area contributed by atoms with Crippen molar-refractivity contribution in [3.05, 3.63) is 35.9 Å². The monoisotopic (exact) mass is 192 g/mol. The van der Waals surface area contributed by atoms with E-state index in [-0.39, 0.29) is 0 Å². The number of hydrogen-bond donors (Lipinski definition) is 0. The van der Waals surface area contributed by atoms with E-state index in [2.05, 4.69) is 31.2 Å². The van der Waals surface area contributed by atoms with E-state index in [9.17, 15) is 0 Å². The number of thioether (sulfide) groups is 1. The zero-order valence-corrected chi connectivity index (χ0v) is 8.60. The van der Waals surface area contributed by atoms with Gasteiger partial charge in [-0.2, -0.15) is 0 Å². The van der Waals surface area contributed by atoms with Crippen molar-refractivity contribution in [1.82, 2.24) is 0 Å².